The van der Waals surface area contributed by atoms with Gasteiger partial charge in [0.1, 0.15) is 0 Å². The molecule has 0 radical (unpaired) electrons. The Bertz CT molecular complexity index is 367. The summed E-state index contributed by atoms with van der Waals surface area (Å²) in [5.74, 6) is -1.80. The van der Waals surface area contributed by atoms with Gasteiger partial charge in [-0.25, -0.2) is 9.59 Å². The fourth-order valence-corrected chi connectivity index (χ4v) is 2.22. The van der Waals surface area contributed by atoms with Crippen molar-refractivity contribution in [1.29, 1.82) is 0 Å². The number of methoxy groups -OCH3 is 1. The molecule has 0 bridgehead atoms. The first-order chi connectivity index (χ1) is 7.60. The van der Waals surface area contributed by atoms with Gasteiger partial charge >= 0.3 is 23.4 Å². The molecule has 0 amide bonds. The van der Waals surface area contributed by atoms with Gasteiger partial charge in [0.05, 0.1) is 20.0 Å². The minimum Gasteiger partial charge on any atom is -0.620 e. The van der Waals surface area contributed by atoms with Crippen LogP contribution >= 0.6 is 0 Å². The van der Waals surface area contributed by atoms with Gasteiger partial charge in [0.15, 0.2) is 0 Å². The summed E-state index contributed by atoms with van der Waals surface area (Å²) in [6, 6.07) is 0. The van der Waals surface area contributed by atoms with Crippen LogP contribution in [0.2, 0.25) is 0 Å². The van der Waals surface area contributed by atoms with Crippen LogP contribution in [0.3, 0.4) is 0 Å². The molecule has 1 fully saturated rings. The van der Waals surface area contributed by atoms with E-state index in [0.717, 1.165) is 26.4 Å². The first-order valence-electron chi connectivity index (χ1n) is 5.27. The number of esters is 2. The average Bonchev–Trinajstić information content (AvgIpc) is 2.51. The number of nitrogens with zero attached hydrogens (tertiary/aromatic N) is 1. The molecule has 2 rings (SSSR count). The Morgan fingerprint density at radius 3 is 2.62 bits per heavy atom. The van der Waals surface area contributed by atoms with Gasteiger partial charge < -0.3 is 14.7 Å². The van der Waals surface area contributed by atoms with E-state index in [2.05, 4.69) is 4.74 Å². The molecule has 0 aromatic heterocycles. The minimum atomic E-state index is -1.15. The molecule has 6 nitrogen and oxygen atoms in total. The van der Waals surface area contributed by atoms with Gasteiger partial charge in [-0.2, -0.15) is 4.74 Å². The van der Waals surface area contributed by atoms with Crippen LogP contribution in [-0.4, -0.2) is 35.2 Å². The lowest BCUT2D eigenvalue weighted by Gasteiger charge is -2.28. The van der Waals surface area contributed by atoms with Gasteiger partial charge in [0.25, 0.3) is 0 Å². The number of rotatable bonds is 1. The second-order valence-corrected chi connectivity index (χ2v) is 4.03. The lowest BCUT2D eigenvalue weighted by molar-refractivity contribution is -0.595. The van der Waals surface area contributed by atoms with Crippen LogP contribution in [0.4, 0.5) is 0 Å². The predicted molar refractivity (Wildman–Crippen MR) is 52.6 cm³/mol. The van der Waals surface area contributed by atoms with Crippen molar-refractivity contribution in [3.63, 3.8) is 0 Å². The molecule has 0 N–H and O–H groups in total. The van der Waals surface area contributed by atoms with Gasteiger partial charge in [0.2, 0.25) is 0 Å². The van der Waals surface area contributed by atoms with E-state index in [4.69, 9.17) is 4.74 Å². The molecular formula is C10H13NO5. The number of hydroxylamine groups is 1. The Hall–Kier alpha value is -1.59. The molecular weight excluding hydrogens is 214 g/mol. The first-order valence-corrected chi connectivity index (χ1v) is 5.27. The molecule has 0 aromatic rings. The summed E-state index contributed by atoms with van der Waals surface area (Å²) in [7, 11) is 1.13. The molecule has 0 atom stereocenters. The summed E-state index contributed by atoms with van der Waals surface area (Å²) >= 11 is 0. The Morgan fingerprint density at radius 2 is 2.06 bits per heavy atom. The number of hydrogen-bond acceptors (Lipinski definition) is 5. The molecule has 1 saturated carbocycles. The van der Waals surface area contributed by atoms with Crippen LogP contribution in [0.1, 0.15) is 32.1 Å². The molecule has 1 heterocycles. The van der Waals surface area contributed by atoms with Gasteiger partial charge in [-0.3, -0.25) is 0 Å². The summed E-state index contributed by atoms with van der Waals surface area (Å²) in [6.45, 7) is 0. The summed E-state index contributed by atoms with van der Waals surface area (Å²) in [5.41, 5.74) is -1.69. The summed E-state index contributed by atoms with van der Waals surface area (Å²) in [4.78, 5) is 22.7. The van der Waals surface area contributed by atoms with E-state index in [9.17, 15) is 14.8 Å². The normalized spacial score (nSPS) is 23.4. The second-order valence-electron chi connectivity index (χ2n) is 4.03. The minimum absolute atomic E-state index is 0.403. The summed E-state index contributed by atoms with van der Waals surface area (Å²) in [5, 5.41) is 11.9. The van der Waals surface area contributed by atoms with Crippen molar-refractivity contribution in [2.24, 2.45) is 0 Å². The van der Waals surface area contributed by atoms with Crippen LogP contribution in [0.5, 0.6) is 0 Å². The third-order valence-electron chi connectivity index (χ3n) is 3.06. The highest BCUT2D eigenvalue weighted by Gasteiger charge is 2.56. The smallest absolute Gasteiger partial charge is 0.417 e. The second kappa shape index (κ2) is 3.77. The van der Waals surface area contributed by atoms with E-state index in [1.165, 1.54) is 0 Å². The van der Waals surface area contributed by atoms with Crippen LogP contribution in [0.25, 0.3) is 0 Å². The summed E-state index contributed by atoms with van der Waals surface area (Å²) < 4.78 is 9.87. The zero-order chi connectivity index (χ0) is 11.8. The molecule has 16 heavy (non-hydrogen) atoms. The highest BCUT2D eigenvalue weighted by Crippen LogP contribution is 2.35. The van der Waals surface area contributed by atoms with E-state index in [1.54, 1.807) is 0 Å². The van der Waals surface area contributed by atoms with Crippen molar-refractivity contribution in [3.8, 4) is 0 Å². The monoisotopic (exact) mass is 227 g/mol. The van der Waals surface area contributed by atoms with Crippen molar-refractivity contribution in [2.45, 2.75) is 37.8 Å². The zero-order valence-electron chi connectivity index (χ0n) is 9.02. The maximum absolute atomic E-state index is 11.9. The Kier molecular flexibility index (Phi) is 2.57. The van der Waals surface area contributed by atoms with E-state index in [-0.39, 0.29) is 0 Å². The van der Waals surface area contributed by atoms with Crippen molar-refractivity contribution in [3.05, 3.63) is 5.21 Å². The van der Waals surface area contributed by atoms with Crippen LogP contribution in [0, 0.1) is 5.21 Å². The van der Waals surface area contributed by atoms with Crippen molar-refractivity contribution in [1.82, 2.24) is 0 Å². The molecule has 2 aliphatic rings. The highest BCUT2D eigenvalue weighted by atomic mass is 16.6. The molecule has 1 aliphatic carbocycles. The van der Waals surface area contributed by atoms with E-state index < -0.39 is 23.4 Å². The molecule has 0 saturated heterocycles. The third kappa shape index (κ3) is 1.45. The Labute approximate surface area is 92.4 Å². The van der Waals surface area contributed by atoms with Gasteiger partial charge in [-0.15, -0.1) is 0 Å². The number of hydrogen-bond donors (Lipinski definition) is 0. The molecule has 1 spiro atoms. The topological polar surface area (TPSA) is 78.7 Å². The van der Waals surface area contributed by atoms with Crippen LogP contribution < -0.4 is 0 Å². The fourth-order valence-electron chi connectivity index (χ4n) is 2.22. The predicted octanol–water partition coefficient (Wildman–Crippen LogP) is 0.328. The lowest BCUT2D eigenvalue weighted by Crippen LogP contribution is -2.41. The van der Waals surface area contributed by atoms with E-state index >= 15 is 0 Å². The third-order valence-corrected chi connectivity index (χ3v) is 3.06. The van der Waals surface area contributed by atoms with Crippen LogP contribution in [0.15, 0.2) is 0 Å². The van der Waals surface area contributed by atoms with Crippen molar-refractivity contribution in [2.75, 3.05) is 7.11 Å². The first kappa shape index (κ1) is 10.9. The van der Waals surface area contributed by atoms with Crippen molar-refractivity contribution >= 4 is 17.7 Å². The number of carbonyl (C=O) groups is 2. The van der Waals surface area contributed by atoms with Gasteiger partial charge in [0, 0.05) is 0 Å². The highest BCUT2D eigenvalue weighted by molar-refractivity contribution is 6.61. The number of carbonyl (C=O) groups excluding carboxylic acids is 2. The Morgan fingerprint density at radius 1 is 1.44 bits per heavy atom. The van der Waals surface area contributed by atoms with E-state index in [1.807, 2.05) is 0 Å². The quantitative estimate of drug-likeness (QED) is 0.366. The van der Waals surface area contributed by atoms with Crippen molar-refractivity contribution < 1.29 is 23.8 Å². The molecule has 0 aromatic carbocycles. The molecule has 88 valence electrons. The summed E-state index contributed by atoms with van der Waals surface area (Å²) in [6.07, 6.45) is 3.60. The Balaban J connectivity index is 2.35. The number of ether oxygens (including phenoxy) is 2. The van der Waals surface area contributed by atoms with E-state index in [0.29, 0.717) is 17.6 Å². The van der Waals surface area contributed by atoms with Gasteiger partial charge in [-0.1, -0.05) is 6.42 Å². The standard InChI is InChI=1S/C10H13NO5/c1-15-8(12)7-9(13)16-10(11(7)14)5-3-2-4-6-10/h2-6H2,1H3. The fraction of sp³-hybridized carbons (Fsp3) is 0.700. The average molecular weight is 227 g/mol. The largest absolute Gasteiger partial charge is 0.620 e. The van der Waals surface area contributed by atoms with Crippen LogP contribution in [-0.2, 0) is 19.1 Å². The SMILES string of the molecule is COC(=O)C1=[N+]([O-])C2(CCCCC2)OC1=O. The lowest BCUT2D eigenvalue weighted by atomic mass is 9.92. The maximum atomic E-state index is 11.9. The molecule has 0 unspecified atom stereocenters. The molecule has 6 heteroatoms. The molecule has 1 aliphatic heterocycles. The maximum Gasteiger partial charge on any atom is 0.417 e. The zero-order valence-corrected chi connectivity index (χ0v) is 9.02. The van der Waals surface area contributed by atoms with Gasteiger partial charge in [-0.05, 0) is 12.8 Å².